The molecule has 3 rings (SSSR count). The average molecular weight is 447 g/mol. The van der Waals surface area contributed by atoms with Gasteiger partial charge in [-0.2, -0.15) is 0 Å². The van der Waals surface area contributed by atoms with E-state index in [1.54, 1.807) is 0 Å². The molecular weight excluding hydrogens is 436 g/mol. The fourth-order valence-electron chi connectivity index (χ4n) is 2.41. The molecule has 1 aliphatic carbocycles. The summed E-state index contributed by atoms with van der Waals surface area (Å²) in [5.41, 5.74) is 3.60. The van der Waals surface area contributed by atoms with Crippen LogP contribution in [0.3, 0.4) is 0 Å². The number of nitrogens with one attached hydrogen (secondary N) is 1. The summed E-state index contributed by atoms with van der Waals surface area (Å²) in [5, 5.41) is 3.58. The molecule has 1 atom stereocenters. The van der Waals surface area contributed by atoms with Gasteiger partial charge in [-0.05, 0) is 68.5 Å². The van der Waals surface area contributed by atoms with Gasteiger partial charge in [0, 0.05) is 19.6 Å². The second-order valence-corrected chi connectivity index (χ2v) is 7.15. The number of anilines is 1. The van der Waals surface area contributed by atoms with Crippen LogP contribution in [0.2, 0.25) is 0 Å². The maximum atomic E-state index is 4.51. The van der Waals surface area contributed by atoms with Crippen molar-refractivity contribution in [3.63, 3.8) is 0 Å². The number of rotatable bonds is 2. The topological polar surface area (TPSA) is 24.9 Å². The fourth-order valence-corrected chi connectivity index (χ4v) is 4.89. The van der Waals surface area contributed by atoms with E-state index in [-0.39, 0.29) is 6.04 Å². The van der Waals surface area contributed by atoms with Gasteiger partial charge in [-0.3, -0.25) is 4.98 Å². The van der Waals surface area contributed by atoms with Crippen LogP contribution in [0.5, 0.6) is 0 Å². The summed E-state index contributed by atoms with van der Waals surface area (Å²) >= 11 is 10.7. The zero-order valence-corrected chi connectivity index (χ0v) is 14.7. The number of benzene rings is 1. The van der Waals surface area contributed by atoms with E-state index in [9.17, 15) is 0 Å². The van der Waals surface area contributed by atoms with Crippen molar-refractivity contribution in [1.82, 2.24) is 4.98 Å². The van der Waals surface area contributed by atoms with Gasteiger partial charge in [0.25, 0.3) is 0 Å². The zero-order chi connectivity index (χ0) is 13.4. The van der Waals surface area contributed by atoms with Crippen LogP contribution >= 0.6 is 47.8 Å². The minimum absolute atomic E-state index is 0.282. The van der Waals surface area contributed by atoms with Crippen molar-refractivity contribution < 1.29 is 0 Å². The third-order valence-electron chi connectivity index (χ3n) is 3.28. The molecule has 1 heterocycles. The van der Waals surface area contributed by atoms with Gasteiger partial charge in [0.2, 0.25) is 0 Å². The number of halogens is 3. The minimum Gasteiger partial charge on any atom is -0.375 e. The van der Waals surface area contributed by atoms with Crippen molar-refractivity contribution in [3.8, 4) is 0 Å². The van der Waals surface area contributed by atoms with E-state index in [1.165, 1.54) is 11.3 Å². The predicted octanol–water partition coefficient (Wildman–Crippen LogP) is 5.47. The lowest BCUT2D eigenvalue weighted by Crippen LogP contribution is -2.09. The largest absolute Gasteiger partial charge is 0.375 e. The van der Waals surface area contributed by atoms with Crippen LogP contribution in [0.4, 0.5) is 5.69 Å². The molecule has 1 unspecified atom stereocenters. The lowest BCUT2D eigenvalue weighted by Gasteiger charge is -2.17. The molecule has 2 aromatic rings. The van der Waals surface area contributed by atoms with Gasteiger partial charge < -0.3 is 5.32 Å². The zero-order valence-electron chi connectivity index (χ0n) is 9.96. The van der Waals surface area contributed by atoms with Crippen molar-refractivity contribution >= 4 is 53.5 Å². The first kappa shape index (κ1) is 13.6. The highest BCUT2D eigenvalue weighted by molar-refractivity contribution is 9.11. The molecule has 1 aromatic carbocycles. The van der Waals surface area contributed by atoms with Crippen LogP contribution in [0.1, 0.15) is 23.7 Å². The van der Waals surface area contributed by atoms with Gasteiger partial charge >= 0.3 is 0 Å². The van der Waals surface area contributed by atoms with E-state index in [0.29, 0.717) is 0 Å². The van der Waals surface area contributed by atoms with Gasteiger partial charge in [0.1, 0.15) is 0 Å². The van der Waals surface area contributed by atoms with Crippen molar-refractivity contribution in [1.29, 1.82) is 0 Å². The third-order valence-corrected chi connectivity index (χ3v) is 4.99. The first-order valence-corrected chi connectivity index (χ1v) is 8.38. The molecule has 0 bridgehead atoms. The van der Waals surface area contributed by atoms with Gasteiger partial charge in [-0.25, -0.2) is 0 Å². The molecule has 5 heteroatoms. The number of aromatic nitrogens is 1. The van der Waals surface area contributed by atoms with Crippen molar-refractivity contribution in [2.24, 2.45) is 0 Å². The van der Waals surface area contributed by atoms with Gasteiger partial charge in [0.05, 0.1) is 17.4 Å². The Bertz CT molecular complexity index is 605. The molecular formula is C14H11Br3N2. The van der Waals surface area contributed by atoms with Gasteiger partial charge in [-0.1, -0.05) is 22.0 Å². The summed E-state index contributed by atoms with van der Waals surface area (Å²) in [6.07, 6.45) is 4.04. The maximum absolute atomic E-state index is 4.51. The van der Waals surface area contributed by atoms with E-state index >= 15 is 0 Å². The van der Waals surface area contributed by atoms with Gasteiger partial charge in [-0.15, -0.1) is 0 Å². The van der Waals surface area contributed by atoms with Crippen molar-refractivity contribution in [3.05, 3.63) is 55.1 Å². The van der Waals surface area contributed by atoms with Gasteiger partial charge in [0.15, 0.2) is 0 Å². The highest BCUT2D eigenvalue weighted by Gasteiger charge is 2.24. The normalized spacial score (nSPS) is 17.3. The molecule has 0 radical (unpaired) electrons. The Kier molecular flexibility index (Phi) is 3.96. The number of fused-ring (bicyclic) bond motifs is 1. The maximum Gasteiger partial charge on any atom is 0.0692 e. The SMILES string of the molecule is Brc1cc(Br)c(NC2CCc3cccnc32)c(Br)c1. The highest BCUT2D eigenvalue weighted by atomic mass is 79.9. The summed E-state index contributed by atoms with van der Waals surface area (Å²) in [7, 11) is 0. The minimum atomic E-state index is 0.282. The first-order valence-electron chi connectivity index (χ1n) is 6.00. The standard InChI is InChI=1S/C14H11Br3N2/c15-9-6-10(16)14(11(17)7-9)19-12-4-3-8-2-1-5-18-13(8)12/h1-2,5-7,12,19H,3-4H2. The molecule has 0 saturated heterocycles. The summed E-state index contributed by atoms with van der Waals surface area (Å²) < 4.78 is 3.12. The van der Waals surface area contributed by atoms with E-state index in [1.807, 2.05) is 24.4 Å². The van der Waals surface area contributed by atoms with Crippen LogP contribution in [0, 0.1) is 0 Å². The average Bonchev–Trinajstić information content (AvgIpc) is 2.77. The van der Waals surface area contributed by atoms with Crippen molar-refractivity contribution in [2.45, 2.75) is 18.9 Å². The smallest absolute Gasteiger partial charge is 0.0692 e. The van der Waals surface area contributed by atoms with Crippen LogP contribution in [0.15, 0.2) is 43.9 Å². The Morgan fingerprint density at radius 1 is 1.16 bits per heavy atom. The number of hydrogen-bond donors (Lipinski definition) is 1. The Balaban J connectivity index is 1.92. The Labute approximate surface area is 137 Å². The van der Waals surface area contributed by atoms with E-state index < -0.39 is 0 Å². The fraction of sp³-hybridized carbons (Fsp3) is 0.214. The van der Waals surface area contributed by atoms with E-state index in [2.05, 4.69) is 64.2 Å². The highest BCUT2D eigenvalue weighted by Crippen LogP contribution is 2.39. The molecule has 19 heavy (non-hydrogen) atoms. The lowest BCUT2D eigenvalue weighted by atomic mass is 10.2. The Morgan fingerprint density at radius 2 is 1.89 bits per heavy atom. The number of aryl methyl sites for hydroxylation is 1. The van der Waals surface area contributed by atoms with E-state index in [0.717, 1.165) is 31.9 Å². The first-order chi connectivity index (χ1) is 9.15. The quantitative estimate of drug-likeness (QED) is 0.661. The predicted molar refractivity (Wildman–Crippen MR) is 88.5 cm³/mol. The van der Waals surface area contributed by atoms with Crippen molar-refractivity contribution in [2.75, 3.05) is 5.32 Å². The van der Waals surface area contributed by atoms with Crippen LogP contribution in [0.25, 0.3) is 0 Å². The summed E-state index contributed by atoms with van der Waals surface area (Å²) in [5.74, 6) is 0. The lowest BCUT2D eigenvalue weighted by molar-refractivity contribution is 0.745. The number of pyridine rings is 1. The molecule has 98 valence electrons. The van der Waals surface area contributed by atoms with E-state index in [4.69, 9.17) is 0 Å². The number of nitrogens with zero attached hydrogens (tertiary/aromatic N) is 1. The summed E-state index contributed by atoms with van der Waals surface area (Å²) in [6, 6.07) is 8.54. The molecule has 0 spiro atoms. The monoisotopic (exact) mass is 444 g/mol. The van der Waals surface area contributed by atoms with Crippen LogP contribution < -0.4 is 5.32 Å². The molecule has 1 N–H and O–H groups in total. The molecule has 0 amide bonds. The second-order valence-electron chi connectivity index (χ2n) is 4.53. The molecule has 0 aliphatic heterocycles. The molecule has 1 aliphatic rings. The third kappa shape index (κ3) is 2.73. The molecule has 1 aromatic heterocycles. The Hall–Kier alpha value is -0.390. The summed E-state index contributed by atoms with van der Waals surface area (Å²) in [4.78, 5) is 4.51. The second kappa shape index (κ2) is 5.54. The number of hydrogen-bond acceptors (Lipinski definition) is 2. The molecule has 2 nitrogen and oxygen atoms in total. The Morgan fingerprint density at radius 3 is 2.63 bits per heavy atom. The molecule has 0 fully saturated rings. The molecule has 0 saturated carbocycles. The summed E-state index contributed by atoms with van der Waals surface area (Å²) in [6.45, 7) is 0. The van der Waals surface area contributed by atoms with Crippen LogP contribution in [-0.4, -0.2) is 4.98 Å². The van der Waals surface area contributed by atoms with Crippen LogP contribution in [-0.2, 0) is 6.42 Å².